The van der Waals surface area contributed by atoms with Crippen LogP contribution in [0.4, 0.5) is 23.7 Å². The van der Waals surface area contributed by atoms with Crippen molar-refractivity contribution in [2.45, 2.75) is 52.0 Å². The fourth-order valence-corrected chi connectivity index (χ4v) is 2.34. The van der Waals surface area contributed by atoms with E-state index in [9.17, 15) is 18.0 Å². The molecule has 1 fully saturated rings. The molecule has 2 amide bonds. The van der Waals surface area contributed by atoms with Gasteiger partial charge in [-0.15, -0.1) is 0 Å². The minimum absolute atomic E-state index is 0.0190. The summed E-state index contributed by atoms with van der Waals surface area (Å²) < 4.78 is 51.3. The first-order valence-electron chi connectivity index (χ1n) is 7.98. The molecule has 2 N–H and O–H groups in total. The highest BCUT2D eigenvalue weighted by Gasteiger charge is 2.52. The molecule has 1 aliphatic rings. The summed E-state index contributed by atoms with van der Waals surface area (Å²) in [5.41, 5.74) is -2.03. The summed E-state index contributed by atoms with van der Waals surface area (Å²) in [6, 6.07) is 2.70. The maximum absolute atomic E-state index is 13.2. The molecule has 0 aliphatic carbocycles. The SMILES string of the molecule is CCNC(=O)Nc1cc(B2OC(C)(C)C(C)(C)O2)cc(C(F)(F)F)c1. The van der Waals surface area contributed by atoms with Gasteiger partial charge in [0.25, 0.3) is 0 Å². The number of halogens is 3. The fourth-order valence-electron chi connectivity index (χ4n) is 2.34. The zero-order chi connectivity index (χ0) is 19.0. The van der Waals surface area contributed by atoms with Gasteiger partial charge in [0.1, 0.15) is 0 Å². The van der Waals surface area contributed by atoms with Crippen molar-refractivity contribution in [3.05, 3.63) is 23.8 Å². The van der Waals surface area contributed by atoms with Crippen molar-refractivity contribution in [3.8, 4) is 0 Å². The molecular weight excluding hydrogens is 336 g/mol. The molecule has 2 rings (SSSR count). The Morgan fingerprint density at radius 3 is 2.16 bits per heavy atom. The minimum atomic E-state index is -4.56. The van der Waals surface area contributed by atoms with Gasteiger partial charge in [0.15, 0.2) is 0 Å². The zero-order valence-corrected chi connectivity index (χ0v) is 14.9. The lowest BCUT2D eigenvalue weighted by atomic mass is 9.78. The second-order valence-electron chi connectivity index (χ2n) is 6.91. The van der Waals surface area contributed by atoms with Crippen LogP contribution < -0.4 is 16.1 Å². The first-order chi connectivity index (χ1) is 11.4. The maximum atomic E-state index is 13.2. The summed E-state index contributed by atoms with van der Waals surface area (Å²) >= 11 is 0. The molecular formula is C16H22BF3N2O3. The van der Waals surface area contributed by atoms with Gasteiger partial charge in [0, 0.05) is 12.2 Å². The highest BCUT2D eigenvalue weighted by Crippen LogP contribution is 2.37. The predicted molar refractivity (Wildman–Crippen MR) is 89.9 cm³/mol. The van der Waals surface area contributed by atoms with Crippen LogP contribution in [0.3, 0.4) is 0 Å². The summed E-state index contributed by atoms with van der Waals surface area (Å²) in [7, 11) is -0.956. The number of alkyl halides is 3. The summed E-state index contributed by atoms with van der Waals surface area (Å²) in [6.07, 6.45) is -4.56. The number of rotatable bonds is 3. The van der Waals surface area contributed by atoms with Crippen molar-refractivity contribution >= 4 is 24.3 Å². The smallest absolute Gasteiger partial charge is 0.399 e. The minimum Gasteiger partial charge on any atom is -0.399 e. The third-order valence-corrected chi connectivity index (χ3v) is 4.40. The number of anilines is 1. The molecule has 0 saturated carbocycles. The number of benzene rings is 1. The second-order valence-corrected chi connectivity index (χ2v) is 6.91. The molecule has 1 aliphatic heterocycles. The van der Waals surface area contributed by atoms with Crippen molar-refractivity contribution in [2.24, 2.45) is 0 Å². The molecule has 0 radical (unpaired) electrons. The van der Waals surface area contributed by atoms with Crippen molar-refractivity contribution in [2.75, 3.05) is 11.9 Å². The van der Waals surface area contributed by atoms with Gasteiger partial charge in [-0.1, -0.05) is 6.07 Å². The zero-order valence-electron chi connectivity index (χ0n) is 14.9. The topological polar surface area (TPSA) is 59.6 Å². The molecule has 0 bridgehead atoms. The molecule has 1 heterocycles. The average Bonchev–Trinajstić information content (AvgIpc) is 2.66. The van der Waals surface area contributed by atoms with Crippen LogP contribution in [0.25, 0.3) is 0 Å². The largest absolute Gasteiger partial charge is 0.494 e. The standard InChI is InChI=1S/C16H22BF3N2O3/c1-6-21-13(23)22-12-8-10(16(18,19)20)7-11(9-12)17-24-14(2,3)15(4,5)25-17/h7-9H,6H2,1-5H3,(H2,21,22,23). The van der Waals surface area contributed by atoms with Crippen molar-refractivity contribution in [3.63, 3.8) is 0 Å². The molecule has 0 spiro atoms. The van der Waals surface area contributed by atoms with Gasteiger partial charge in [-0.25, -0.2) is 4.79 Å². The number of hydrogen-bond donors (Lipinski definition) is 2. The number of hydrogen-bond acceptors (Lipinski definition) is 3. The average molecular weight is 358 g/mol. The van der Waals surface area contributed by atoms with Crippen molar-refractivity contribution < 1.29 is 27.3 Å². The van der Waals surface area contributed by atoms with Crippen LogP contribution in [0.2, 0.25) is 0 Å². The Morgan fingerprint density at radius 2 is 1.68 bits per heavy atom. The van der Waals surface area contributed by atoms with E-state index in [0.717, 1.165) is 12.1 Å². The molecule has 0 aromatic heterocycles. The molecule has 25 heavy (non-hydrogen) atoms. The highest BCUT2D eigenvalue weighted by molar-refractivity contribution is 6.62. The van der Waals surface area contributed by atoms with Crippen LogP contribution >= 0.6 is 0 Å². The van der Waals surface area contributed by atoms with E-state index in [4.69, 9.17) is 9.31 Å². The van der Waals surface area contributed by atoms with E-state index in [-0.39, 0.29) is 11.2 Å². The summed E-state index contributed by atoms with van der Waals surface area (Å²) in [4.78, 5) is 11.6. The van der Waals surface area contributed by atoms with E-state index >= 15 is 0 Å². The van der Waals surface area contributed by atoms with Crippen LogP contribution in [0.1, 0.15) is 40.2 Å². The van der Waals surface area contributed by atoms with Crippen molar-refractivity contribution in [1.29, 1.82) is 0 Å². The van der Waals surface area contributed by atoms with Crippen LogP contribution in [0.5, 0.6) is 0 Å². The van der Waals surface area contributed by atoms with Crippen LogP contribution in [0, 0.1) is 0 Å². The van der Waals surface area contributed by atoms with E-state index in [2.05, 4.69) is 10.6 Å². The van der Waals surface area contributed by atoms with Gasteiger partial charge in [-0.3, -0.25) is 0 Å². The summed E-state index contributed by atoms with van der Waals surface area (Å²) in [5, 5.41) is 4.87. The van der Waals surface area contributed by atoms with E-state index in [1.807, 2.05) is 27.7 Å². The van der Waals surface area contributed by atoms with Gasteiger partial charge < -0.3 is 19.9 Å². The molecule has 1 saturated heterocycles. The second kappa shape index (κ2) is 6.53. The van der Waals surface area contributed by atoms with Gasteiger partial charge in [-0.2, -0.15) is 13.2 Å². The number of carbonyl (C=O) groups excluding carboxylic acids is 1. The Kier molecular flexibility index (Phi) is 5.12. The molecule has 1 aromatic carbocycles. The molecule has 1 aromatic rings. The molecule has 5 nitrogen and oxygen atoms in total. The predicted octanol–water partition coefficient (Wildman–Crippen LogP) is 3.15. The van der Waals surface area contributed by atoms with Crippen LogP contribution in [-0.4, -0.2) is 30.9 Å². The monoisotopic (exact) mass is 358 g/mol. The Bertz CT molecular complexity index is 647. The first-order valence-corrected chi connectivity index (χ1v) is 7.98. The Labute approximate surface area is 145 Å². The lowest BCUT2D eigenvalue weighted by Gasteiger charge is -2.32. The molecule has 9 heteroatoms. The number of carbonyl (C=O) groups is 1. The number of nitrogens with one attached hydrogen (secondary N) is 2. The van der Waals surface area contributed by atoms with Gasteiger partial charge in [-0.05, 0) is 52.2 Å². The highest BCUT2D eigenvalue weighted by atomic mass is 19.4. The lowest BCUT2D eigenvalue weighted by molar-refractivity contribution is -0.137. The Morgan fingerprint density at radius 1 is 1.12 bits per heavy atom. The molecule has 138 valence electrons. The number of amides is 2. The lowest BCUT2D eigenvalue weighted by Crippen LogP contribution is -2.41. The van der Waals surface area contributed by atoms with Crippen LogP contribution in [-0.2, 0) is 15.5 Å². The van der Waals surface area contributed by atoms with E-state index in [1.165, 1.54) is 6.07 Å². The third kappa shape index (κ3) is 4.27. The normalized spacial score (nSPS) is 19.0. The molecule has 0 atom stereocenters. The fraction of sp³-hybridized carbons (Fsp3) is 0.562. The van der Waals surface area contributed by atoms with Gasteiger partial charge in [0.05, 0.1) is 16.8 Å². The Hall–Kier alpha value is -1.74. The third-order valence-electron chi connectivity index (χ3n) is 4.40. The first kappa shape index (κ1) is 19.6. The van der Waals surface area contributed by atoms with E-state index < -0.39 is 36.1 Å². The number of urea groups is 1. The van der Waals surface area contributed by atoms with Crippen LogP contribution in [0.15, 0.2) is 18.2 Å². The van der Waals surface area contributed by atoms with Gasteiger partial charge >= 0.3 is 19.3 Å². The van der Waals surface area contributed by atoms with E-state index in [0.29, 0.717) is 6.54 Å². The Balaban J connectivity index is 2.39. The van der Waals surface area contributed by atoms with E-state index in [1.54, 1.807) is 6.92 Å². The van der Waals surface area contributed by atoms with Gasteiger partial charge in [0.2, 0.25) is 0 Å². The summed E-state index contributed by atoms with van der Waals surface area (Å²) in [6.45, 7) is 9.32. The maximum Gasteiger partial charge on any atom is 0.494 e. The summed E-state index contributed by atoms with van der Waals surface area (Å²) in [5.74, 6) is 0. The quantitative estimate of drug-likeness (QED) is 0.817. The molecule has 0 unspecified atom stereocenters. The van der Waals surface area contributed by atoms with Crippen molar-refractivity contribution in [1.82, 2.24) is 5.32 Å².